The van der Waals surface area contributed by atoms with Crippen molar-refractivity contribution < 1.29 is 14.6 Å². The van der Waals surface area contributed by atoms with Crippen LogP contribution in [-0.2, 0) is 9.53 Å². The summed E-state index contributed by atoms with van der Waals surface area (Å²) < 4.78 is 6.06. The minimum Gasteiger partial charge on any atom is -0.481 e. The van der Waals surface area contributed by atoms with Crippen molar-refractivity contribution in [1.82, 2.24) is 0 Å². The van der Waals surface area contributed by atoms with Crippen molar-refractivity contribution >= 4 is 28.6 Å². The Labute approximate surface area is 73.9 Å². The van der Waals surface area contributed by atoms with Crippen LogP contribution in [0.1, 0.15) is 12.8 Å². The van der Waals surface area contributed by atoms with Gasteiger partial charge in [-0.2, -0.15) is 0 Å². The summed E-state index contributed by atoms with van der Waals surface area (Å²) in [5, 5.41) is 8.19. The Balaban J connectivity index is 2.84. The molecule has 3 nitrogen and oxygen atoms in total. The third-order valence-electron chi connectivity index (χ3n) is 0.883. The third kappa shape index (κ3) is 8.16. The highest BCUT2D eigenvalue weighted by atomic mass is 127. The number of carboxylic acids is 1. The van der Waals surface area contributed by atoms with Crippen LogP contribution in [-0.4, -0.2) is 28.7 Å². The summed E-state index contributed by atoms with van der Waals surface area (Å²) in [4.78, 5) is 9.95. The van der Waals surface area contributed by atoms with Crippen LogP contribution in [0.15, 0.2) is 0 Å². The van der Waals surface area contributed by atoms with Crippen LogP contribution in [0.25, 0.3) is 0 Å². The molecule has 0 rings (SSSR count). The summed E-state index contributed by atoms with van der Waals surface area (Å²) in [6, 6.07) is 0. The van der Waals surface area contributed by atoms with Gasteiger partial charge in [0.15, 0.2) is 0 Å². The highest BCUT2D eigenvalue weighted by molar-refractivity contribution is 14.1. The summed E-state index contributed by atoms with van der Waals surface area (Å²) in [6.45, 7) is 1.02. The smallest absolute Gasteiger partial charge is 0.305 e. The van der Waals surface area contributed by atoms with Crippen molar-refractivity contribution in [1.29, 1.82) is 0 Å². The first-order valence-electron chi connectivity index (χ1n) is 3.13. The van der Waals surface area contributed by atoms with E-state index < -0.39 is 5.97 Å². The molecule has 0 aromatic rings. The Kier molecular flexibility index (Phi) is 7.39. The fraction of sp³-hybridized carbons (Fsp3) is 0.833. The molecule has 0 fully saturated rings. The van der Waals surface area contributed by atoms with Gasteiger partial charge in [-0.25, -0.2) is 0 Å². The number of carboxylic acid groups (broad SMARTS) is 1. The summed E-state index contributed by atoms with van der Waals surface area (Å²) >= 11 is 2.26. The van der Waals surface area contributed by atoms with Crippen molar-refractivity contribution in [3.05, 3.63) is 0 Å². The fourth-order valence-electron chi connectivity index (χ4n) is 0.418. The minimum atomic E-state index is -0.797. The molecule has 1 N–H and O–H groups in total. The highest BCUT2D eigenvalue weighted by Gasteiger charge is 1.94. The first-order valence-corrected chi connectivity index (χ1v) is 4.65. The molecular weight excluding hydrogens is 247 g/mol. The monoisotopic (exact) mass is 258 g/mol. The van der Waals surface area contributed by atoms with E-state index in [1.807, 2.05) is 0 Å². The summed E-state index contributed by atoms with van der Waals surface area (Å²) in [7, 11) is 0. The van der Waals surface area contributed by atoms with Gasteiger partial charge in [0.25, 0.3) is 0 Å². The first kappa shape index (κ1) is 10.2. The second-order valence-corrected chi connectivity index (χ2v) is 2.88. The van der Waals surface area contributed by atoms with Crippen LogP contribution in [0, 0.1) is 0 Å². The van der Waals surface area contributed by atoms with Gasteiger partial charge in [0.2, 0.25) is 0 Å². The zero-order valence-corrected chi connectivity index (χ0v) is 7.83. The lowest BCUT2D eigenvalue weighted by Gasteiger charge is -1.98. The van der Waals surface area contributed by atoms with Gasteiger partial charge in [0.1, 0.15) is 0 Å². The van der Waals surface area contributed by atoms with Crippen molar-refractivity contribution in [3.63, 3.8) is 0 Å². The van der Waals surface area contributed by atoms with Gasteiger partial charge < -0.3 is 9.84 Å². The van der Waals surface area contributed by atoms with E-state index in [0.717, 1.165) is 10.8 Å². The summed E-state index contributed by atoms with van der Waals surface area (Å²) in [5.41, 5.74) is 0. The van der Waals surface area contributed by atoms with E-state index in [1.165, 1.54) is 0 Å². The lowest BCUT2D eigenvalue weighted by Crippen LogP contribution is -2.03. The molecule has 0 unspecified atom stereocenters. The summed E-state index contributed by atoms with van der Waals surface area (Å²) in [6.07, 6.45) is 1.11. The number of hydrogen-bond donors (Lipinski definition) is 1. The third-order valence-corrected chi connectivity index (χ3v) is 1.65. The molecule has 10 heavy (non-hydrogen) atoms. The molecular formula is C6H11IO3. The Bertz CT molecular complexity index is 95.0. The number of rotatable bonds is 6. The van der Waals surface area contributed by atoms with Crippen LogP contribution < -0.4 is 0 Å². The standard InChI is InChI=1S/C6H11IO3/c7-3-1-4-10-5-2-6(8)9/h1-5H2,(H,8,9). The van der Waals surface area contributed by atoms with Gasteiger partial charge in [-0.3, -0.25) is 4.79 Å². The molecule has 0 atom stereocenters. The van der Waals surface area contributed by atoms with Crippen LogP contribution in [0.3, 0.4) is 0 Å². The van der Waals surface area contributed by atoms with Crippen molar-refractivity contribution in [3.8, 4) is 0 Å². The fourth-order valence-corrected chi connectivity index (χ4v) is 0.730. The molecule has 0 radical (unpaired) electrons. The Morgan fingerprint density at radius 3 is 2.70 bits per heavy atom. The first-order chi connectivity index (χ1) is 4.77. The number of carbonyl (C=O) groups is 1. The zero-order valence-electron chi connectivity index (χ0n) is 5.68. The molecule has 0 saturated heterocycles. The van der Waals surface area contributed by atoms with E-state index in [4.69, 9.17) is 9.84 Å². The number of halogens is 1. The zero-order chi connectivity index (χ0) is 7.82. The van der Waals surface area contributed by atoms with Gasteiger partial charge in [0.05, 0.1) is 13.0 Å². The predicted molar refractivity (Wildman–Crippen MR) is 46.6 cm³/mol. The quantitative estimate of drug-likeness (QED) is 0.443. The lowest BCUT2D eigenvalue weighted by atomic mass is 10.5. The largest absolute Gasteiger partial charge is 0.481 e. The van der Waals surface area contributed by atoms with Gasteiger partial charge in [-0.05, 0) is 6.42 Å². The Hall–Kier alpha value is 0.160. The molecule has 0 amide bonds. The maximum Gasteiger partial charge on any atom is 0.305 e. The predicted octanol–water partition coefficient (Wildman–Crippen LogP) is 1.30. The second-order valence-electron chi connectivity index (χ2n) is 1.80. The average Bonchev–Trinajstić information content (AvgIpc) is 1.87. The summed E-state index contributed by atoms with van der Waals surface area (Å²) in [5.74, 6) is -0.797. The van der Waals surface area contributed by atoms with Crippen LogP contribution in [0.2, 0.25) is 0 Å². The van der Waals surface area contributed by atoms with E-state index >= 15 is 0 Å². The molecule has 0 heterocycles. The van der Waals surface area contributed by atoms with E-state index in [1.54, 1.807) is 0 Å². The van der Waals surface area contributed by atoms with Crippen LogP contribution in [0.4, 0.5) is 0 Å². The van der Waals surface area contributed by atoms with Gasteiger partial charge in [-0.1, -0.05) is 22.6 Å². The van der Waals surface area contributed by atoms with E-state index in [2.05, 4.69) is 22.6 Å². The highest BCUT2D eigenvalue weighted by Crippen LogP contribution is 1.90. The molecule has 0 spiro atoms. The minimum absolute atomic E-state index is 0.112. The van der Waals surface area contributed by atoms with Crippen molar-refractivity contribution in [2.75, 3.05) is 17.6 Å². The molecule has 0 bridgehead atoms. The van der Waals surface area contributed by atoms with E-state index in [-0.39, 0.29) is 6.42 Å². The van der Waals surface area contributed by atoms with Crippen LogP contribution >= 0.6 is 22.6 Å². The van der Waals surface area contributed by atoms with Gasteiger partial charge in [0, 0.05) is 11.0 Å². The normalized spacial score (nSPS) is 9.70. The molecule has 0 aliphatic carbocycles. The second kappa shape index (κ2) is 7.27. The molecule has 60 valence electrons. The maximum atomic E-state index is 9.95. The molecule has 0 saturated carbocycles. The van der Waals surface area contributed by atoms with Crippen molar-refractivity contribution in [2.45, 2.75) is 12.8 Å². The van der Waals surface area contributed by atoms with E-state index in [9.17, 15) is 4.79 Å². The Morgan fingerprint density at radius 1 is 1.50 bits per heavy atom. The lowest BCUT2D eigenvalue weighted by molar-refractivity contribution is -0.138. The topological polar surface area (TPSA) is 46.5 Å². The molecule has 0 aromatic carbocycles. The van der Waals surface area contributed by atoms with E-state index in [0.29, 0.717) is 13.2 Å². The van der Waals surface area contributed by atoms with Crippen molar-refractivity contribution in [2.24, 2.45) is 0 Å². The number of aliphatic carboxylic acids is 1. The van der Waals surface area contributed by atoms with Gasteiger partial charge >= 0.3 is 5.97 Å². The Morgan fingerprint density at radius 2 is 2.20 bits per heavy atom. The SMILES string of the molecule is O=C(O)CCOCCCI. The number of ether oxygens (including phenoxy) is 1. The molecule has 4 heteroatoms. The number of alkyl halides is 1. The number of hydrogen-bond acceptors (Lipinski definition) is 2. The van der Waals surface area contributed by atoms with Gasteiger partial charge in [-0.15, -0.1) is 0 Å². The molecule has 0 aliphatic rings. The maximum absolute atomic E-state index is 9.95. The molecule has 0 aromatic heterocycles. The molecule has 0 aliphatic heterocycles. The van der Waals surface area contributed by atoms with Crippen LogP contribution in [0.5, 0.6) is 0 Å². The average molecular weight is 258 g/mol.